The highest BCUT2D eigenvalue weighted by Crippen LogP contribution is 2.44. The van der Waals surface area contributed by atoms with E-state index in [0.29, 0.717) is 22.3 Å². The largest absolute Gasteiger partial charge is 0.389 e. The van der Waals surface area contributed by atoms with Crippen LogP contribution >= 0.6 is 11.3 Å². The molecule has 0 aromatic carbocycles. The molecule has 2 aliphatic heterocycles. The number of hydrogen-bond acceptors (Lipinski definition) is 9. The van der Waals surface area contributed by atoms with Gasteiger partial charge in [0.25, 0.3) is 0 Å². The van der Waals surface area contributed by atoms with Gasteiger partial charge in [0.1, 0.15) is 16.9 Å². The number of rotatable bonds is 9. The number of thiophene rings is 1. The van der Waals surface area contributed by atoms with Crippen molar-refractivity contribution < 1.29 is 0 Å². The van der Waals surface area contributed by atoms with Crippen LogP contribution in [0.1, 0.15) is 111 Å². The van der Waals surface area contributed by atoms with Crippen LogP contribution in [0.5, 0.6) is 0 Å². The van der Waals surface area contributed by atoms with Gasteiger partial charge >= 0.3 is 0 Å². The maximum atomic E-state index is 9.96. The summed E-state index contributed by atoms with van der Waals surface area (Å²) in [5.41, 5.74) is 11.9. The highest BCUT2D eigenvalue weighted by atomic mass is 32.1. The summed E-state index contributed by atoms with van der Waals surface area (Å²) in [5, 5.41) is 20.1. The summed E-state index contributed by atoms with van der Waals surface area (Å²) in [5.74, 6) is 1.71. The average molecular weight is 615 g/mol. The molecule has 2 saturated heterocycles. The summed E-state index contributed by atoms with van der Waals surface area (Å²) in [6, 6.07) is 5.24. The zero-order chi connectivity index (χ0) is 31.0. The van der Waals surface area contributed by atoms with Crippen LogP contribution in [-0.2, 0) is 12.8 Å². The number of aromatic nitrogens is 2. The molecule has 2 atom stereocenters. The minimum Gasteiger partial charge on any atom is -0.389 e. The Morgan fingerprint density at radius 3 is 2.66 bits per heavy atom. The Kier molecular flexibility index (Phi) is 9.15. The van der Waals surface area contributed by atoms with Crippen molar-refractivity contribution >= 4 is 33.4 Å². The van der Waals surface area contributed by atoms with Crippen LogP contribution in [0.4, 0.5) is 10.8 Å². The van der Waals surface area contributed by atoms with Gasteiger partial charge in [0.15, 0.2) is 5.82 Å². The third-order valence-corrected chi connectivity index (χ3v) is 12.2. The third-order valence-electron chi connectivity index (χ3n) is 11.1. The molecule has 8 nitrogen and oxygen atoms in total. The van der Waals surface area contributed by atoms with Gasteiger partial charge < -0.3 is 20.9 Å². The quantitative estimate of drug-likeness (QED) is 0.314. The molecule has 3 N–H and O–H groups in total. The van der Waals surface area contributed by atoms with Gasteiger partial charge in [-0.2, -0.15) is 5.26 Å². The van der Waals surface area contributed by atoms with E-state index in [0.717, 1.165) is 98.6 Å². The lowest BCUT2D eigenvalue weighted by atomic mass is 9.74. The van der Waals surface area contributed by atoms with E-state index in [2.05, 4.69) is 54.8 Å². The van der Waals surface area contributed by atoms with Gasteiger partial charge in [-0.1, -0.05) is 13.3 Å². The van der Waals surface area contributed by atoms with Crippen LogP contribution < -0.4 is 10.6 Å². The first-order chi connectivity index (χ1) is 21.2. The molecule has 4 aliphatic rings. The standard InChI is InChI=1S/C35H50N8S/c1-5-9-26(32(37)27-11-6-12-29-31(27)28(21-36)33(38)44-29)23(2)34-39-24(13-14-25-10-7-17-41(25)3)20-30(40-34)43-19-18-42(4)35(22-43)15-8-16-35/h20,25,27,37H,5-19,22,38H2,1-4H3/b26-23+,37-32?/t25-,27-/m0/s1. The first kappa shape index (κ1) is 31.2. The maximum Gasteiger partial charge on any atom is 0.157 e. The van der Waals surface area contributed by atoms with Crippen molar-refractivity contribution in [3.63, 3.8) is 0 Å². The molecule has 0 bridgehead atoms. The summed E-state index contributed by atoms with van der Waals surface area (Å²) >= 11 is 1.54. The fraction of sp³-hybridized carbons (Fsp3) is 0.657. The molecule has 0 unspecified atom stereocenters. The molecular formula is C35H50N8S. The highest BCUT2D eigenvalue weighted by Gasteiger charge is 2.45. The summed E-state index contributed by atoms with van der Waals surface area (Å²) < 4.78 is 0. The molecule has 0 amide bonds. The van der Waals surface area contributed by atoms with Gasteiger partial charge in [0.2, 0.25) is 0 Å². The van der Waals surface area contributed by atoms with E-state index in [1.54, 1.807) is 0 Å². The number of anilines is 2. The number of likely N-dealkylation sites (N-methyl/N-ethyl adjacent to an activating group) is 1. The SMILES string of the molecule is CCC/C(C(=N)[C@H]1CCCc2sc(N)c(C#N)c21)=C(/C)c1nc(CC[C@@H]2CCCN2C)cc(N2CCN(C)C3(CCC3)C2)n1. The molecule has 6 rings (SSSR count). The molecule has 4 heterocycles. The van der Waals surface area contributed by atoms with E-state index in [9.17, 15) is 10.7 Å². The van der Waals surface area contributed by atoms with Crippen LogP contribution in [-0.4, -0.2) is 77.3 Å². The van der Waals surface area contributed by atoms with Gasteiger partial charge in [-0.05, 0) is 115 Å². The average Bonchev–Trinajstić information content (AvgIpc) is 3.58. The molecule has 1 spiro atoms. The number of aryl methyl sites for hydroxylation is 2. The van der Waals surface area contributed by atoms with E-state index in [1.165, 1.54) is 54.9 Å². The number of nitrogen functional groups attached to an aromatic ring is 1. The molecule has 2 aliphatic carbocycles. The molecule has 2 aromatic heterocycles. The Bertz CT molecular complexity index is 1460. The maximum absolute atomic E-state index is 9.96. The predicted octanol–water partition coefficient (Wildman–Crippen LogP) is 6.41. The number of likely N-dealkylation sites (tertiary alicyclic amines) is 1. The van der Waals surface area contributed by atoms with E-state index < -0.39 is 0 Å². The lowest BCUT2D eigenvalue weighted by Gasteiger charge is -2.55. The first-order valence-corrected chi connectivity index (χ1v) is 17.7. The smallest absolute Gasteiger partial charge is 0.157 e. The Balaban J connectivity index is 1.37. The van der Waals surface area contributed by atoms with Crippen molar-refractivity contribution in [1.29, 1.82) is 10.7 Å². The number of allylic oxidation sites excluding steroid dienone is 2. The summed E-state index contributed by atoms with van der Waals surface area (Å²) in [7, 11) is 4.54. The van der Waals surface area contributed by atoms with Crippen molar-refractivity contribution in [2.24, 2.45) is 0 Å². The number of nitriles is 1. The van der Waals surface area contributed by atoms with Gasteiger partial charge in [-0.15, -0.1) is 11.3 Å². The number of nitrogens with one attached hydrogen (secondary N) is 1. The second-order valence-corrected chi connectivity index (χ2v) is 14.9. The molecule has 9 heteroatoms. The number of hydrogen-bond donors (Lipinski definition) is 2. The molecule has 2 aromatic rings. The van der Waals surface area contributed by atoms with E-state index in [1.807, 2.05) is 0 Å². The zero-order valence-corrected chi connectivity index (χ0v) is 28.0. The van der Waals surface area contributed by atoms with E-state index in [4.69, 9.17) is 15.7 Å². The van der Waals surface area contributed by atoms with Crippen LogP contribution in [0.25, 0.3) is 5.57 Å². The minimum atomic E-state index is -0.102. The minimum absolute atomic E-state index is 0.102. The molecule has 0 radical (unpaired) electrons. The topological polar surface area (TPSA) is 109 Å². The number of piperazine rings is 1. The fourth-order valence-corrected chi connectivity index (χ4v) is 9.31. The van der Waals surface area contributed by atoms with E-state index >= 15 is 0 Å². The fourth-order valence-electron chi connectivity index (χ4n) is 8.18. The molecule has 236 valence electrons. The highest BCUT2D eigenvalue weighted by molar-refractivity contribution is 7.16. The van der Waals surface area contributed by atoms with Gasteiger partial charge in [0.05, 0.1) is 5.56 Å². The predicted molar refractivity (Wildman–Crippen MR) is 182 cm³/mol. The molecular weight excluding hydrogens is 565 g/mol. The second-order valence-electron chi connectivity index (χ2n) is 13.8. The van der Waals surface area contributed by atoms with Crippen LogP contribution in [0.15, 0.2) is 11.6 Å². The van der Waals surface area contributed by atoms with Crippen molar-refractivity contribution in [2.75, 3.05) is 50.9 Å². The molecule has 44 heavy (non-hydrogen) atoms. The first-order valence-electron chi connectivity index (χ1n) is 16.9. The van der Waals surface area contributed by atoms with Gasteiger partial charge in [-0.25, -0.2) is 9.97 Å². The van der Waals surface area contributed by atoms with Crippen LogP contribution in [0.2, 0.25) is 0 Å². The Labute approximate surface area is 267 Å². The zero-order valence-electron chi connectivity index (χ0n) is 27.2. The lowest BCUT2D eigenvalue weighted by molar-refractivity contribution is 0.0284. The third kappa shape index (κ3) is 5.81. The Morgan fingerprint density at radius 1 is 1.16 bits per heavy atom. The van der Waals surface area contributed by atoms with Crippen molar-refractivity contribution in [2.45, 2.75) is 108 Å². The monoisotopic (exact) mass is 614 g/mol. The lowest BCUT2D eigenvalue weighted by Crippen LogP contribution is -2.64. The summed E-state index contributed by atoms with van der Waals surface area (Å²) in [6.45, 7) is 8.54. The number of nitrogens with zero attached hydrogens (tertiary/aromatic N) is 6. The normalized spacial score (nSPS) is 24.1. The van der Waals surface area contributed by atoms with Gasteiger partial charge in [-0.3, -0.25) is 4.90 Å². The summed E-state index contributed by atoms with van der Waals surface area (Å²) in [4.78, 5) is 19.3. The number of nitrogens with two attached hydrogens (primary N) is 1. The Hall–Kier alpha value is -2.80. The van der Waals surface area contributed by atoms with Gasteiger partial charge in [0, 0.05) is 59.5 Å². The molecule has 3 fully saturated rings. The van der Waals surface area contributed by atoms with Crippen molar-refractivity contribution in [3.8, 4) is 6.07 Å². The molecule has 1 saturated carbocycles. The number of fused-ring (bicyclic) bond motifs is 1. The van der Waals surface area contributed by atoms with Crippen LogP contribution in [0.3, 0.4) is 0 Å². The summed E-state index contributed by atoms with van der Waals surface area (Å²) in [6.07, 6.45) is 13.0. The second kappa shape index (κ2) is 12.9. The Morgan fingerprint density at radius 2 is 1.98 bits per heavy atom. The van der Waals surface area contributed by atoms with Crippen molar-refractivity contribution in [1.82, 2.24) is 19.8 Å². The van der Waals surface area contributed by atoms with Crippen LogP contribution in [0, 0.1) is 16.7 Å². The van der Waals surface area contributed by atoms with E-state index in [-0.39, 0.29) is 11.5 Å². The van der Waals surface area contributed by atoms with Crippen molar-refractivity contribution in [3.05, 3.63) is 39.2 Å².